The molecule has 0 bridgehead atoms. The van der Waals surface area contributed by atoms with E-state index in [1.807, 2.05) is 20.8 Å². The molecule has 0 spiro atoms. The zero-order valence-electron chi connectivity index (χ0n) is 14.4. The van der Waals surface area contributed by atoms with Crippen LogP contribution in [0.3, 0.4) is 0 Å². The quantitative estimate of drug-likeness (QED) is 0.219. The number of halogens is 1. The van der Waals surface area contributed by atoms with Crippen molar-refractivity contribution in [3.63, 3.8) is 0 Å². The molecule has 0 saturated carbocycles. The Balaban J connectivity index is 0.00000312. The fraction of sp³-hybridized carbons (Fsp3) is 0.375. The first-order valence-electron chi connectivity index (χ1n) is 7.68. The van der Waals surface area contributed by atoms with Crippen molar-refractivity contribution in [2.45, 2.75) is 33.9 Å². The molecule has 1 heterocycles. The SMILES string of the molecule is CCNC(=NCc1ccccc1[N+](=O)[O-])NCc1nc(C)c(C)s1.I. The second-order valence-corrected chi connectivity index (χ2v) is 6.47. The highest BCUT2D eigenvalue weighted by molar-refractivity contribution is 14.0. The van der Waals surface area contributed by atoms with E-state index in [0.717, 1.165) is 10.7 Å². The van der Waals surface area contributed by atoms with Crippen LogP contribution in [0.1, 0.15) is 28.1 Å². The number of rotatable bonds is 6. The Hall–Kier alpha value is -1.75. The predicted molar refractivity (Wildman–Crippen MR) is 112 cm³/mol. The summed E-state index contributed by atoms with van der Waals surface area (Å²) in [5.41, 5.74) is 1.71. The van der Waals surface area contributed by atoms with Crippen LogP contribution in [-0.2, 0) is 13.1 Å². The van der Waals surface area contributed by atoms with E-state index < -0.39 is 0 Å². The van der Waals surface area contributed by atoms with Gasteiger partial charge in [-0.15, -0.1) is 35.3 Å². The van der Waals surface area contributed by atoms with E-state index in [2.05, 4.69) is 20.6 Å². The number of aromatic nitrogens is 1. The van der Waals surface area contributed by atoms with Crippen LogP contribution in [0.2, 0.25) is 0 Å². The number of nitro groups is 1. The molecule has 0 aliphatic rings. The molecule has 136 valence electrons. The topological polar surface area (TPSA) is 92.5 Å². The summed E-state index contributed by atoms with van der Waals surface area (Å²) in [5, 5.41) is 18.4. The molecule has 0 unspecified atom stereocenters. The molecule has 0 radical (unpaired) electrons. The smallest absolute Gasteiger partial charge is 0.274 e. The minimum absolute atomic E-state index is 0. The summed E-state index contributed by atoms with van der Waals surface area (Å²) >= 11 is 1.65. The van der Waals surface area contributed by atoms with E-state index >= 15 is 0 Å². The van der Waals surface area contributed by atoms with Crippen LogP contribution in [0.15, 0.2) is 29.3 Å². The second kappa shape index (κ2) is 10.3. The molecule has 9 heteroatoms. The normalized spacial score (nSPS) is 10.9. The van der Waals surface area contributed by atoms with Gasteiger partial charge in [-0.05, 0) is 20.8 Å². The largest absolute Gasteiger partial charge is 0.357 e. The van der Waals surface area contributed by atoms with E-state index in [1.54, 1.807) is 29.5 Å². The minimum Gasteiger partial charge on any atom is -0.357 e. The van der Waals surface area contributed by atoms with Crippen LogP contribution in [0, 0.1) is 24.0 Å². The van der Waals surface area contributed by atoms with E-state index in [-0.39, 0.29) is 41.1 Å². The summed E-state index contributed by atoms with van der Waals surface area (Å²) in [4.78, 5) is 20.8. The van der Waals surface area contributed by atoms with Crippen molar-refractivity contribution in [3.05, 3.63) is 55.5 Å². The Bertz CT molecular complexity index is 728. The lowest BCUT2D eigenvalue weighted by atomic mass is 10.2. The number of nitrogens with zero attached hydrogens (tertiary/aromatic N) is 3. The fourth-order valence-electron chi connectivity index (χ4n) is 2.10. The van der Waals surface area contributed by atoms with Gasteiger partial charge in [-0.25, -0.2) is 9.98 Å². The lowest BCUT2D eigenvalue weighted by Gasteiger charge is -2.10. The van der Waals surface area contributed by atoms with Crippen molar-refractivity contribution in [1.82, 2.24) is 15.6 Å². The highest BCUT2D eigenvalue weighted by Gasteiger charge is 2.12. The molecular weight excluding hydrogens is 453 g/mol. The summed E-state index contributed by atoms with van der Waals surface area (Å²) in [6.45, 7) is 7.52. The van der Waals surface area contributed by atoms with Crippen molar-refractivity contribution in [1.29, 1.82) is 0 Å². The van der Waals surface area contributed by atoms with Gasteiger partial charge in [0.05, 0.1) is 29.3 Å². The van der Waals surface area contributed by atoms with Crippen LogP contribution in [0.25, 0.3) is 0 Å². The van der Waals surface area contributed by atoms with Gasteiger partial charge >= 0.3 is 0 Å². The average Bonchev–Trinajstić information content (AvgIpc) is 2.88. The van der Waals surface area contributed by atoms with E-state index in [1.165, 1.54) is 10.9 Å². The van der Waals surface area contributed by atoms with Gasteiger partial charge < -0.3 is 10.6 Å². The molecule has 7 nitrogen and oxygen atoms in total. The number of guanidine groups is 1. The first kappa shape index (κ1) is 21.3. The first-order chi connectivity index (χ1) is 11.5. The first-order valence-corrected chi connectivity index (χ1v) is 8.50. The number of hydrogen-bond donors (Lipinski definition) is 2. The molecule has 0 amide bonds. The van der Waals surface area contributed by atoms with Crippen LogP contribution < -0.4 is 10.6 Å². The maximum absolute atomic E-state index is 11.1. The second-order valence-electron chi connectivity index (χ2n) is 5.18. The van der Waals surface area contributed by atoms with Crippen molar-refractivity contribution in [2.24, 2.45) is 4.99 Å². The van der Waals surface area contributed by atoms with Gasteiger partial charge in [0, 0.05) is 17.5 Å². The van der Waals surface area contributed by atoms with Crippen molar-refractivity contribution < 1.29 is 4.92 Å². The molecule has 1 aromatic carbocycles. The zero-order valence-corrected chi connectivity index (χ0v) is 17.6. The number of aryl methyl sites for hydroxylation is 2. The van der Waals surface area contributed by atoms with Gasteiger partial charge in [0.25, 0.3) is 5.69 Å². The summed E-state index contributed by atoms with van der Waals surface area (Å²) in [5.74, 6) is 0.612. The molecule has 2 rings (SSSR count). The summed E-state index contributed by atoms with van der Waals surface area (Å²) < 4.78 is 0. The number of para-hydroxylation sites is 1. The molecule has 2 N–H and O–H groups in total. The number of nitrogens with one attached hydrogen (secondary N) is 2. The van der Waals surface area contributed by atoms with Crippen molar-refractivity contribution >= 4 is 47.0 Å². The lowest BCUT2D eigenvalue weighted by Crippen LogP contribution is -2.36. The zero-order chi connectivity index (χ0) is 17.5. The highest BCUT2D eigenvalue weighted by Crippen LogP contribution is 2.18. The fourth-order valence-corrected chi connectivity index (χ4v) is 2.98. The van der Waals surface area contributed by atoms with E-state index in [9.17, 15) is 10.1 Å². The molecule has 0 aliphatic heterocycles. The molecule has 1 aromatic heterocycles. The van der Waals surface area contributed by atoms with Gasteiger partial charge in [-0.2, -0.15) is 0 Å². The molecule has 0 fully saturated rings. The maximum atomic E-state index is 11.1. The van der Waals surface area contributed by atoms with E-state index in [4.69, 9.17) is 0 Å². The predicted octanol–water partition coefficient (Wildman–Crippen LogP) is 3.54. The molecular formula is C16H22IN5O2S. The number of hydrogen-bond acceptors (Lipinski definition) is 5. The van der Waals surface area contributed by atoms with Crippen LogP contribution in [-0.4, -0.2) is 22.4 Å². The average molecular weight is 475 g/mol. The van der Waals surface area contributed by atoms with Crippen molar-refractivity contribution in [2.75, 3.05) is 6.54 Å². The summed E-state index contributed by atoms with van der Waals surface area (Å²) in [6, 6.07) is 6.65. The molecule has 2 aromatic rings. The molecule has 0 saturated heterocycles. The molecule has 0 atom stereocenters. The third kappa shape index (κ3) is 6.24. The van der Waals surface area contributed by atoms with E-state index in [0.29, 0.717) is 24.6 Å². The Labute approximate surface area is 168 Å². The third-order valence-corrected chi connectivity index (χ3v) is 4.49. The van der Waals surface area contributed by atoms with Crippen LogP contribution in [0.5, 0.6) is 0 Å². The standard InChI is InChI=1S/C16H21N5O2S.HI/c1-4-17-16(19-10-15-20-11(2)12(3)24-15)18-9-13-7-5-6-8-14(13)21(22)23;/h5-8H,4,9-10H2,1-3H3,(H2,17,18,19);1H. The Morgan fingerprint density at radius 3 is 2.64 bits per heavy atom. The van der Waals surface area contributed by atoms with Crippen LogP contribution >= 0.6 is 35.3 Å². The molecule has 25 heavy (non-hydrogen) atoms. The summed E-state index contributed by atoms with van der Waals surface area (Å²) in [7, 11) is 0. The molecule has 0 aliphatic carbocycles. The van der Waals surface area contributed by atoms with Gasteiger partial charge in [-0.1, -0.05) is 18.2 Å². The van der Waals surface area contributed by atoms with Gasteiger partial charge in [0.15, 0.2) is 5.96 Å². The van der Waals surface area contributed by atoms with Gasteiger partial charge in [-0.3, -0.25) is 10.1 Å². The van der Waals surface area contributed by atoms with Gasteiger partial charge in [0.2, 0.25) is 0 Å². The van der Waals surface area contributed by atoms with Crippen molar-refractivity contribution in [3.8, 4) is 0 Å². The Kier molecular flexibility index (Phi) is 8.76. The maximum Gasteiger partial charge on any atom is 0.274 e. The highest BCUT2D eigenvalue weighted by atomic mass is 127. The number of benzene rings is 1. The number of thiazole rings is 1. The number of nitro benzene ring substituents is 1. The lowest BCUT2D eigenvalue weighted by molar-refractivity contribution is -0.385. The monoisotopic (exact) mass is 475 g/mol. The Morgan fingerprint density at radius 1 is 1.32 bits per heavy atom. The number of aliphatic imine (C=N–C) groups is 1. The summed E-state index contributed by atoms with van der Waals surface area (Å²) in [6.07, 6.45) is 0. The third-order valence-electron chi connectivity index (χ3n) is 3.42. The van der Waals surface area contributed by atoms with Gasteiger partial charge in [0.1, 0.15) is 5.01 Å². The minimum atomic E-state index is -0.383. The van der Waals surface area contributed by atoms with Crippen LogP contribution in [0.4, 0.5) is 5.69 Å². The Morgan fingerprint density at radius 2 is 2.04 bits per heavy atom.